The normalized spacial score (nSPS) is 17.5. The molecule has 2 rings (SSSR count). The van der Waals surface area contributed by atoms with Gasteiger partial charge in [-0.05, 0) is 45.4 Å². The number of rotatable bonds is 6. The number of anilines is 1. The fraction of sp³-hybridized carbons (Fsp3) is 0.786. The van der Waals surface area contributed by atoms with Crippen molar-refractivity contribution in [2.75, 3.05) is 5.32 Å². The van der Waals surface area contributed by atoms with E-state index in [1.54, 1.807) is 0 Å². The number of imidazole rings is 1. The van der Waals surface area contributed by atoms with E-state index >= 15 is 0 Å². The van der Waals surface area contributed by atoms with Gasteiger partial charge < -0.3 is 9.88 Å². The highest BCUT2D eigenvalue weighted by atomic mass is 15.2. The lowest BCUT2D eigenvalue weighted by Crippen LogP contribution is -2.18. The fourth-order valence-electron chi connectivity index (χ4n) is 2.13. The van der Waals surface area contributed by atoms with Crippen LogP contribution in [0.3, 0.4) is 0 Å². The lowest BCUT2D eigenvalue weighted by atomic mass is 10.0. The van der Waals surface area contributed by atoms with Gasteiger partial charge in [0.15, 0.2) is 0 Å². The van der Waals surface area contributed by atoms with Crippen LogP contribution >= 0.6 is 0 Å². The first-order chi connectivity index (χ1) is 8.06. The standard InChI is InChI=1S/C14H25N3/c1-10(2)5-6-11(3)15-14-16-12(4)9-17(14)13-7-8-13/h9-11,13H,5-8H2,1-4H3,(H,15,16). The minimum atomic E-state index is 0.511. The van der Waals surface area contributed by atoms with Crippen molar-refractivity contribution in [1.29, 1.82) is 0 Å². The van der Waals surface area contributed by atoms with Crippen molar-refractivity contribution < 1.29 is 0 Å². The first-order valence-electron chi connectivity index (χ1n) is 6.88. The molecule has 17 heavy (non-hydrogen) atoms. The highest BCUT2D eigenvalue weighted by Gasteiger charge is 2.26. The average molecular weight is 235 g/mol. The number of aromatic nitrogens is 2. The molecule has 1 N–H and O–H groups in total. The van der Waals surface area contributed by atoms with Crippen LogP contribution in [-0.4, -0.2) is 15.6 Å². The third-order valence-electron chi connectivity index (χ3n) is 3.35. The summed E-state index contributed by atoms with van der Waals surface area (Å²) in [5.41, 5.74) is 1.12. The minimum Gasteiger partial charge on any atom is -0.353 e. The van der Waals surface area contributed by atoms with Crippen LogP contribution in [0.5, 0.6) is 0 Å². The van der Waals surface area contributed by atoms with Gasteiger partial charge in [0.2, 0.25) is 5.95 Å². The van der Waals surface area contributed by atoms with Crippen LogP contribution < -0.4 is 5.32 Å². The lowest BCUT2D eigenvalue weighted by molar-refractivity contribution is 0.524. The average Bonchev–Trinajstić information content (AvgIpc) is 3.01. The SMILES string of the molecule is Cc1cn(C2CC2)c(NC(C)CCC(C)C)n1. The molecule has 1 aromatic rings. The number of nitrogens with zero attached hydrogens (tertiary/aromatic N) is 2. The third kappa shape index (κ3) is 3.48. The maximum Gasteiger partial charge on any atom is 0.203 e. The molecular formula is C14H25N3. The number of aryl methyl sites for hydroxylation is 1. The molecule has 1 aromatic heterocycles. The minimum absolute atomic E-state index is 0.511. The van der Waals surface area contributed by atoms with Crippen molar-refractivity contribution >= 4 is 5.95 Å². The molecule has 96 valence electrons. The first-order valence-corrected chi connectivity index (χ1v) is 6.88. The first kappa shape index (κ1) is 12.5. The van der Waals surface area contributed by atoms with E-state index in [1.165, 1.54) is 25.7 Å². The summed E-state index contributed by atoms with van der Waals surface area (Å²) in [4.78, 5) is 4.59. The maximum atomic E-state index is 4.59. The summed E-state index contributed by atoms with van der Waals surface area (Å²) in [5.74, 6) is 1.85. The largest absolute Gasteiger partial charge is 0.353 e. The van der Waals surface area contributed by atoms with Gasteiger partial charge in [0.1, 0.15) is 0 Å². The smallest absolute Gasteiger partial charge is 0.203 e. The molecule has 1 aliphatic rings. The second-order valence-electron chi connectivity index (χ2n) is 5.86. The van der Waals surface area contributed by atoms with E-state index in [-0.39, 0.29) is 0 Å². The zero-order valence-electron chi connectivity index (χ0n) is 11.5. The maximum absolute atomic E-state index is 4.59. The molecule has 1 heterocycles. The molecule has 0 bridgehead atoms. The van der Waals surface area contributed by atoms with Crippen molar-refractivity contribution in [2.24, 2.45) is 5.92 Å². The van der Waals surface area contributed by atoms with Gasteiger partial charge in [-0.15, -0.1) is 0 Å². The van der Waals surface area contributed by atoms with Crippen LogP contribution in [0.1, 0.15) is 58.2 Å². The molecule has 3 heteroatoms. The molecule has 0 aromatic carbocycles. The Kier molecular flexibility index (Phi) is 3.75. The van der Waals surface area contributed by atoms with Crippen LogP contribution in [0.15, 0.2) is 6.20 Å². The van der Waals surface area contributed by atoms with Crippen molar-refractivity contribution in [3.05, 3.63) is 11.9 Å². The molecule has 1 atom stereocenters. The van der Waals surface area contributed by atoms with Crippen LogP contribution in [0, 0.1) is 12.8 Å². The Hall–Kier alpha value is -0.990. The van der Waals surface area contributed by atoms with Gasteiger partial charge in [-0.2, -0.15) is 0 Å². The summed E-state index contributed by atoms with van der Waals surface area (Å²) < 4.78 is 2.32. The van der Waals surface area contributed by atoms with Gasteiger partial charge in [-0.25, -0.2) is 4.98 Å². The van der Waals surface area contributed by atoms with E-state index in [1.807, 2.05) is 0 Å². The van der Waals surface area contributed by atoms with Gasteiger partial charge in [0.25, 0.3) is 0 Å². The van der Waals surface area contributed by atoms with Gasteiger partial charge in [0, 0.05) is 18.3 Å². The quantitative estimate of drug-likeness (QED) is 0.813. The van der Waals surface area contributed by atoms with Crippen molar-refractivity contribution in [1.82, 2.24) is 9.55 Å². The summed E-state index contributed by atoms with van der Waals surface area (Å²) in [5, 5.41) is 3.56. The summed E-state index contributed by atoms with van der Waals surface area (Å²) in [6, 6.07) is 1.22. The molecule has 0 spiro atoms. The van der Waals surface area contributed by atoms with Crippen molar-refractivity contribution in [3.63, 3.8) is 0 Å². The van der Waals surface area contributed by atoms with Crippen LogP contribution in [0.2, 0.25) is 0 Å². The molecule has 0 radical (unpaired) electrons. The van der Waals surface area contributed by atoms with E-state index < -0.39 is 0 Å². The Labute approximate surface area is 105 Å². The summed E-state index contributed by atoms with van der Waals surface area (Å²) in [7, 11) is 0. The van der Waals surface area contributed by atoms with Crippen LogP contribution in [0.25, 0.3) is 0 Å². The number of hydrogen-bond donors (Lipinski definition) is 1. The van der Waals surface area contributed by atoms with Crippen LogP contribution in [-0.2, 0) is 0 Å². The Morgan fingerprint density at radius 1 is 1.35 bits per heavy atom. The van der Waals surface area contributed by atoms with Crippen molar-refractivity contribution in [2.45, 2.75) is 65.5 Å². The molecule has 1 saturated carbocycles. The highest BCUT2D eigenvalue weighted by Crippen LogP contribution is 2.37. The molecule has 0 aliphatic heterocycles. The Morgan fingerprint density at radius 2 is 2.06 bits per heavy atom. The second-order valence-corrected chi connectivity index (χ2v) is 5.86. The molecular weight excluding hydrogens is 210 g/mol. The Balaban J connectivity index is 1.93. The zero-order valence-corrected chi connectivity index (χ0v) is 11.5. The molecule has 0 saturated heterocycles. The topological polar surface area (TPSA) is 29.9 Å². The summed E-state index contributed by atoms with van der Waals surface area (Å²) in [6.45, 7) is 8.89. The second kappa shape index (κ2) is 5.11. The zero-order chi connectivity index (χ0) is 12.4. The molecule has 0 amide bonds. The molecule has 3 nitrogen and oxygen atoms in total. The number of nitrogens with one attached hydrogen (secondary N) is 1. The molecule has 1 fully saturated rings. The van der Waals surface area contributed by atoms with Gasteiger partial charge in [-0.3, -0.25) is 0 Å². The van der Waals surface area contributed by atoms with E-state index in [0.29, 0.717) is 12.1 Å². The molecule has 1 unspecified atom stereocenters. The lowest BCUT2D eigenvalue weighted by Gasteiger charge is -2.16. The van der Waals surface area contributed by atoms with E-state index in [2.05, 4.69) is 48.8 Å². The monoisotopic (exact) mass is 235 g/mol. The van der Waals surface area contributed by atoms with Crippen molar-refractivity contribution in [3.8, 4) is 0 Å². The highest BCUT2D eigenvalue weighted by molar-refractivity contribution is 5.31. The number of hydrogen-bond acceptors (Lipinski definition) is 2. The summed E-state index contributed by atoms with van der Waals surface area (Å²) in [6.07, 6.45) is 7.29. The van der Waals surface area contributed by atoms with Gasteiger partial charge >= 0.3 is 0 Å². The summed E-state index contributed by atoms with van der Waals surface area (Å²) >= 11 is 0. The Morgan fingerprint density at radius 3 is 2.65 bits per heavy atom. The van der Waals surface area contributed by atoms with Gasteiger partial charge in [0.05, 0.1) is 5.69 Å². The predicted molar refractivity (Wildman–Crippen MR) is 72.4 cm³/mol. The fourth-order valence-corrected chi connectivity index (χ4v) is 2.13. The van der Waals surface area contributed by atoms with E-state index in [4.69, 9.17) is 0 Å². The third-order valence-corrected chi connectivity index (χ3v) is 3.35. The van der Waals surface area contributed by atoms with E-state index in [0.717, 1.165) is 17.6 Å². The van der Waals surface area contributed by atoms with E-state index in [9.17, 15) is 0 Å². The Bertz CT molecular complexity index is 364. The predicted octanol–water partition coefficient (Wildman–Crippen LogP) is 3.76. The van der Waals surface area contributed by atoms with Crippen LogP contribution in [0.4, 0.5) is 5.95 Å². The van der Waals surface area contributed by atoms with Gasteiger partial charge in [-0.1, -0.05) is 13.8 Å². The molecule has 1 aliphatic carbocycles.